The number of ether oxygens (including phenoxy) is 3. The SMILES string of the molecule is CC.CCC.CCOC(=O)c1c(OCC)ccc2c1CC(N)C2.COC(=O)c1ccc(C)c2c1CC(N)C2. The highest BCUT2D eigenvalue weighted by molar-refractivity contribution is 5.95. The molecule has 2 unspecified atom stereocenters. The van der Waals surface area contributed by atoms with Crippen LogP contribution >= 0.6 is 0 Å². The molecule has 212 valence electrons. The van der Waals surface area contributed by atoms with Gasteiger partial charge < -0.3 is 25.7 Å². The van der Waals surface area contributed by atoms with E-state index in [0.29, 0.717) is 36.5 Å². The Morgan fingerprint density at radius 3 is 1.97 bits per heavy atom. The second kappa shape index (κ2) is 16.8. The van der Waals surface area contributed by atoms with Gasteiger partial charge in [0.2, 0.25) is 0 Å². The van der Waals surface area contributed by atoms with Gasteiger partial charge in [0, 0.05) is 12.1 Å². The third-order valence-electron chi connectivity index (χ3n) is 6.10. The molecule has 0 radical (unpaired) electrons. The van der Waals surface area contributed by atoms with E-state index in [4.69, 9.17) is 25.7 Å². The monoisotopic (exact) mass is 528 g/mol. The maximum absolute atomic E-state index is 12.1. The van der Waals surface area contributed by atoms with Crippen molar-refractivity contribution in [1.82, 2.24) is 0 Å². The Bertz CT molecular complexity index is 1050. The number of aryl methyl sites for hydroxylation is 1. The first-order valence-corrected chi connectivity index (χ1v) is 13.9. The zero-order valence-corrected chi connectivity index (χ0v) is 24.6. The van der Waals surface area contributed by atoms with Crippen molar-refractivity contribution in [3.63, 3.8) is 0 Å². The first-order valence-electron chi connectivity index (χ1n) is 13.9. The minimum Gasteiger partial charge on any atom is -0.493 e. The number of fused-ring (bicyclic) bond motifs is 2. The number of hydrogen-bond donors (Lipinski definition) is 2. The molecule has 0 fully saturated rings. The van der Waals surface area contributed by atoms with Crippen molar-refractivity contribution in [3.8, 4) is 5.75 Å². The fraction of sp³-hybridized carbons (Fsp3) is 0.548. The molecule has 4 rings (SSSR count). The highest BCUT2D eigenvalue weighted by Crippen LogP contribution is 2.32. The molecule has 7 heteroatoms. The van der Waals surface area contributed by atoms with Crippen LogP contribution in [0.3, 0.4) is 0 Å². The third-order valence-corrected chi connectivity index (χ3v) is 6.10. The molecule has 4 N–H and O–H groups in total. The van der Waals surface area contributed by atoms with Crippen LogP contribution in [-0.4, -0.2) is 44.3 Å². The van der Waals surface area contributed by atoms with E-state index in [1.165, 1.54) is 24.7 Å². The van der Waals surface area contributed by atoms with E-state index in [1.807, 2.05) is 45.0 Å². The topological polar surface area (TPSA) is 114 Å². The van der Waals surface area contributed by atoms with Crippen molar-refractivity contribution in [1.29, 1.82) is 0 Å². The zero-order valence-electron chi connectivity index (χ0n) is 24.6. The fourth-order valence-corrected chi connectivity index (χ4v) is 4.64. The molecule has 2 atom stereocenters. The summed E-state index contributed by atoms with van der Waals surface area (Å²) in [5.41, 5.74) is 18.7. The second-order valence-corrected chi connectivity index (χ2v) is 9.15. The molecule has 0 bridgehead atoms. The number of benzene rings is 2. The number of methoxy groups -OCH3 is 1. The van der Waals surface area contributed by atoms with E-state index in [1.54, 1.807) is 6.92 Å². The molecule has 0 saturated carbocycles. The Balaban J connectivity index is 0.000000329. The van der Waals surface area contributed by atoms with Gasteiger partial charge in [0.1, 0.15) is 11.3 Å². The summed E-state index contributed by atoms with van der Waals surface area (Å²) in [5.74, 6) is 0.0241. The van der Waals surface area contributed by atoms with Crippen molar-refractivity contribution in [2.45, 2.75) is 92.7 Å². The Labute approximate surface area is 229 Å². The lowest BCUT2D eigenvalue weighted by atomic mass is 9.99. The number of carbonyl (C=O) groups is 2. The van der Waals surface area contributed by atoms with E-state index >= 15 is 0 Å². The summed E-state index contributed by atoms with van der Waals surface area (Å²) in [7, 11) is 1.41. The van der Waals surface area contributed by atoms with Gasteiger partial charge in [-0.2, -0.15) is 0 Å². The van der Waals surface area contributed by atoms with Crippen LogP contribution in [0.4, 0.5) is 0 Å². The van der Waals surface area contributed by atoms with Crippen molar-refractivity contribution in [2.24, 2.45) is 11.5 Å². The number of nitrogens with two attached hydrogens (primary N) is 2. The van der Waals surface area contributed by atoms with Crippen LogP contribution in [0.25, 0.3) is 0 Å². The van der Waals surface area contributed by atoms with Crippen LogP contribution in [0.2, 0.25) is 0 Å². The molecule has 0 heterocycles. The van der Waals surface area contributed by atoms with Gasteiger partial charge in [-0.05, 0) is 86.4 Å². The summed E-state index contributed by atoms with van der Waals surface area (Å²) < 4.78 is 15.4. The van der Waals surface area contributed by atoms with Gasteiger partial charge in [-0.25, -0.2) is 9.59 Å². The fourth-order valence-electron chi connectivity index (χ4n) is 4.64. The second-order valence-electron chi connectivity index (χ2n) is 9.15. The Kier molecular flexibility index (Phi) is 14.7. The lowest BCUT2D eigenvalue weighted by Gasteiger charge is -2.13. The van der Waals surface area contributed by atoms with Gasteiger partial charge in [0.05, 0.1) is 25.9 Å². The molecule has 0 aromatic heterocycles. The predicted molar refractivity (Wildman–Crippen MR) is 154 cm³/mol. The molecule has 2 aliphatic rings. The molecule has 0 aliphatic heterocycles. The van der Waals surface area contributed by atoms with Crippen LogP contribution in [0.1, 0.15) is 96.5 Å². The zero-order chi connectivity index (χ0) is 28.8. The smallest absolute Gasteiger partial charge is 0.342 e. The van der Waals surface area contributed by atoms with Gasteiger partial charge in [0.25, 0.3) is 0 Å². The summed E-state index contributed by atoms with van der Waals surface area (Å²) in [6.45, 7) is 14.9. The summed E-state index contributed by atoms with van der Waals surface area (Å²) in [6.07, 6.45) is 4.42. The van der Waals surface area contributed by atoms with Crippen molar-refractivity contribution in [3.05, 3.63) is 63.2 Å². The maximum Gasteiger partial charge on any atom is 0.342 e. The van der Waals surface area contributed by atoms with Gasteiger partial charge in [-0.3, -0.25) is 0 Å². The quantitative estimate of drug-likeness (QED) is 0.504. The van der Waals surface area contributed by atoms with E-state index in [9.17, 15) is 9.59 Å². The van der Waals surface area contributed by atoms with Crippen LogP contribution in [0.5, 0.6) is 5.75 Å². The molecule has 2 aromatic carbocycles. The summed E-state index contributed by atoms with van der Waals surface area (Å²) in [6, 6.07) is 7.86. The largest absolute Gasteiger partial charge is 0.493 e. The average Bonchev–Trinajstić information content (AvgIpc) is 3.48. The van der Waals surface area contributed by atoms with Crippen LogP contribution in [0, 0.1) is 6.92 Å². The van der Waals surface area contributed by atoms with Gasteiger partial charge in [-0.15, -0.1) is 0 Å². The lowest BCUT2D eigenvalue weighted by molar-refractivity contribution is 0.0519. The van der Waals surface area contributed by atoms with Gasteiger partial charge in [0.15, 0.2) is 0 Å². The summed E-state index contributed by atoms with van der Waals surface area (Å²) in [4.78, 5) is 23.6. The van der Waals surface area contributed by atoms with E-state index in [-0.39, 0.29) is 24.0 Å². The normalized spacial score (nSPS) is 16.3. The highest BCUT2D eigenvalue weighted by atomic mass is 16.5. The Morgan fingerprint density at radius 2 is 1.39 bits per heavy atom. The van der Waals surface area contributed by atoms with E-state index in [2.05, 4.69) is 20.8 Å². The molecular weight excluding hydrogens is 480 g/mol. The van der Waals surface area contributed by atoms with Crippen molar-refractivity contribution >= 4 is 11.9 Å². The minimum atomic E-state index is -0.313. The molecule has 0 spiro atoms. The maximum atomic E-state index is 12.1. The van der Waals surface area contributed by atoms with Gasteiger partial charge >= 0.3 is 11.9 Å². The Morgan fingerprint density at radius 1 is 0.816 bits per heavy atom. The lowest BCUT2D eigenvalue weighted by Crippen LogP contribution is -2.19. The molecule has 7 nitrogen and oxygen atoms in total. The minimum absolute atomic E-state index is 0.0880. The van der Waals surface area contributed by atoms with Crippen molar-refractivity contribution < 1.29 is 23.8 Å². The number of hydrogen-bond acceptors (Lipinski definition) is 7. The molecule has 2 aromatic rings. The standard InChI is InChI=1S/C14H19NO3.C12H15NO2.C3H8.C2H6/c1-3-17-12-6-5-9-7-10(15)8-11(9)13(12)14(16)18-4-2;1-7-3-4-9(12(14)15-2)11-6-8(13)5-10(7)11;1-3-2;1-2/h5-6,10H,3-4,7-8,15H2,1-2H3;3-4,8H,5-6,13H2,1-2H3;3H2,1-2H3;1-2H3. The van der Waals surface area contributed by atoms with Crippen LogP contribution in [-0.2, 0) is 35.2 Å². The first-order chi connectivity index (χ1) is 18.2. The average molecular weight is 529 g/mol. The molecule has 38 heavy (non-hydrogen) atoms. The highest BCUT2D eigenvalue weighted by Gasteiger charge is 2.28. The van der Waals surface area contributed by atoms with Gasteiger partial charge in [-0.1, -0.05) is 46.2 Å². The van der Waals surface area contributed by atoms with E-state index in [0.717, 1.165) is 36.0 Å². The summed E-state index contributed by atoms with van der Waals surface area (Å²) in [5, 5.41) is 0. The number of rotatable bonds is 5. The number of carbonyl (C=O) groups excluding carboxylic acids is 2. The summed E-state index contributed by atoms with van der Waals surface area (Å²) >= 11 is 0. The third kappa shape index (κ3) is 8.57. The predicted octanol–water partition coefficient (Wildman–Crippen LogP) is 5.34. The molecule has 0 amide bonds. The van der Waals surface area contributed by atoms with Crippen LogP contribution in [0.15, 0.2) is 24.3 Å². The molecule has 2 aliphatic carbocycles. The molecule has 0 saturated heterocycles. The first kappa shape index (κ1) is 33.1. The molecular formula is C31H48N2O5. The Hall–Kier alpha value is -2.90. The van der Waals surface area contributed by atoms with Crippen molar-refractivity contribution in [2.75, 3.05) is 20.3 Å². The number of esters is 2. The van der Waals surface area contributed by atoms with E-state index < -0.39 is 0 Å². The van der Waals surface area contributed by atoms with Crippen LogP contribution < -0.4 is 16.2 Å².